The van der Waals surface area contributed by atoms with Crippen molar-refractivity contribution in [3.05, 3.63) is 42.0 Å². The quantitative estimate of drug-likeness (QED) is 0.884. The Labute approximate surface area is 115 Å². The van der Waals surface area contributed by atoms with Crippen LogP contribution in [0.25, 0.3) is 10.8 Å². The van der Waals surface area contributed by atoms with E-state index in [1.165, 1.54) is 22.0 Å². The molecule has 0 bridgehead atoms. The SMILES string of the molecule is CC(C)c1ccc(N2CCNCC2)c2ccccc12. The van der Waals surface area contributed by atoms with Gasteiger partial charge in [0.25, 0.3) is 0 Å². The molecule has 0 spiro atoms. The molecule has 2 aromatic carbocycles. The van der Waals surface area contributed by atoms with Gasteiger partial charge in [-0.3, -0.25) is 0 Å². The van der Waals surface area contributed by atoms with Gasteiger partial charge in [-0.2, -0.15) is 0 Å². The summed E-state index contributed by atoms with van der Waals surface area (Å²) in [6.45, 7) is 8.91. The van der Waals surface area contributed by atoms with Gasteiger partial charge in [0.15, 0.2) is 0 Å². The monoisotopic (exact) mass is 254 g/mol. The molecule has 0 aromatic heterocycles. The molecular formula is C17H22N2. The number of benzene rings is 2. The third kappa shape index (κ3) is 2.33. The number of fused-ring (bicyclic) bond motifs is 1. The molecule has 2 aromatic rings. The molecule has 0 aliphatic carbocycles. The lowest BCUT2D eigenvalue weighted by Crippen LogP contribution is -2.43. The van der Waals surface area contributed by atoms with Crippen LogP contribution in [-0.2, 0) is 0 Å². The van der Waals surface area contributed by atoms with E-state index in [-0.39, 0.29) is 0 Å². The van der Waals surface area contributed by atoms with Crippen LogP contribution in [0.5, 0.6) is 0 Å². The van der Waals surface area contributed by atoms with E-state index in [4.69, 9.17) is 0 Å². The van der Waals surface area contributed by atoms with Crippen LogP contribution in [-0.4, -0.2) is 26.2 Å². The summed E-state index contributed by atoms with van der Waals surface area (Å²) in [7, 11) is 0. The average Bonchev–Trinajstić information content (AvgIpc) is 2.47. The van der Waals surface area contributed by atoms with Gasteiger partial charge in [-0.25, -0.2) is 0 Å². The first-order valence-corrected chi connectivity index (χ1v) is 7.24. The van der Waals surface area contributed by atoms with Crippen molar-refractivity contribution in [1.82, 2.24) is 5.32 Å². The molecule has 1 fully saturated rings. The van der Waals surface area contributed by atoms with Crippen molar-refractivity contribution in [3.8, 4) is 0 Å². The van der Waals surface area contributed by atoms with Gasteiger partial charge in [-0.05, 0) is 22.9 Å². The number of anilines is 1. The Kier molecular flexibility index (Phi) is 3.43. The summed E-state index contributed by atoms with van der Waals surface area (Å²) in [6, 6.07) is 13.4. The third-order valence-corrected chi connectivity index (χ3v) is 4.01. The Bertz CT molecular complexity index is 568. The minimum absolute atomic E-state index is 0.571. The maximum atomic E-state index is 3.42. The highest BCUT2D eigenvalue weighted by Crippen LogP contribution is 2.32. The predicted molar refractivity (Wildman–Crippen MR) is 83.1 cm³/mol. The zero-order valence-electron chi connectivity index (χ0n) is 11.8. The van der Waals surface area contributed by atoms with Crippen LogP contribution in [0.2, 0.25) is 0 Å². The van der Waals surface area contributed by atoms with Crippen LogP contribution >= 0.6 is 0 Å². The maximum absolute atomic E-state index is 3.42. The number of hydrogen-bond acceptors (Lipinski definition) is 2. The molecule has 100 valence electrons. The second kappa shape index (κ2) is 5.22. The molecular weight excluding hydrogens is 232 g/mol. The third-order valence-electron chi connectivity index (χ3n) is 4.01. The Morgan fingerprint density at radius 2 is 1.63 bits per heavy atom. The number of hydrogen-bond donors (Lipinski definition) is 1. The Morgan fingerprint density at radius 3 is 2.32 bits per heavy atom. The Balaban J connectivity index is 2.13. The van der Waals surface area contributed by atoms with Crippen molar-refractivity contribution in [3.63, 3.8) is 0 Å². The first kappa shape index (κ1) is 12.5. The Hall–Kier alpha value is -1.54. The van der Waals surface area contributed by atoms with Crippen LogP contribution < -0.4 is 10.2 Å². The molecule has 1 heterocycles. The fourth-order valence-corrected chi connectivity index (χ4v) is 2.99. The van der Waals surface area contributed by atoms with Crippen LogP contribution in [0.1, 0.15) is 25.3 Å². The maximum Gasteiger partial charge on any atom is 0.0446 e. The lowest BCUT2D eigenvalue weighted by molar-refractivity contribution is 0.590. The van der Waals surface area contributed by atoms with E-state index in [0.29, 0.717) is 5.92 Å². The van der Waals surface area contributed by atoms with Gasteiger partial charge in [0, 0.05) is 37.3 Å². The van der Waals surface area contributed by atoms with E-state index in [1.54, 1.807) is 0 Å². The normalized spacial score (nSPS) is 16.3. The van der Waals surface area contributed by atoms with E-state index in [9.17, 15) is 0 Å². The molecule has 0 unspecified atom stereocenters. The summed E-state index contributed by atoms with van der Waals surface area (Å²) in [5.74, 6) is 0.571. The highest BCUT2D eigenvalue weighted by molar-refractivity contribution is 5.96. The number of nitrogens with zero attached hydrogens (tertiary/aromatic N) is 1. The van der Waals surface area contributed by atoms with Crippen molar-refractivity contribution in [2.24, 2.45) is 0 Å². The first-order valence-electron chi connectivity index (χ1n) is 7.24. The summed E-state index contributed by atoms with van der Waals surface area (Å²) in [5, 5.41) is 6.23. The van der Waals surface area contributed by atoms with Crippen molar-refractivity contribution in [2.75, 3.05) is 31.1 Å². The highest BCUT2D eigenvalue weighted by atomic mass is 15.2. The van der Waals surface area contributed by atoms with Crippen molar-refractivity contribution in [2.45, 2.75) is 19.8 Å². The second-order valence-corrected chi connectivity index (χ2v) is 5.61. The summed E-state index contributed by atoms with van der Waals surface area (Å²) in [6.07, 6.45) is 0. The number of rotatable bonds is 2. The van der Waals surface area contributed by atoms with Gasteiger partial charge in [0.05, 0.1) is 0 Å². The van der Waals surface area contributed by atoms with E-state index in [2.05, 4.69) is 60.5 Å². The summed E-state index contributed by atoms with van der Waals surface area (Å²) in [4.78, 5) is 2.50. The van der Waals surface area contributed by atoms with Gasteiger partial charge in [0.2, 0.25) is 0 Å². The van der Waals surface area contributed by atoms with Gasteiger partial charge in [-0.1, -0.05) is 44.2 Å². The van der Waals surface area contributed by atoms with Crippen LogP contribution in [0.15, 0.2) is 36.4 Å². The molecule has 2 nitrogen and oxygen atoms in total. The van der Waals surface area contributed by atoms with Gasteiger partial charge in [-0.15, -0.1) is 0 Å². The summed E-state index contributed by atoms with van der Waals surface area (Å²) in [5.41, 5.74) is 2.84. The second-order valence-electron chi connectivity index (χ2n) is 5.61. The zero-order valence-corrected chi connectivity index (χ0v) is 11.8. The molecule has 0 amide bonds. The lowest BCUT2D eigenvalue weighted by Gasteiger charge is -2.31. The molecule has 19 heavy (non-hydrogen) atoms. The van der Waals surface area contributed by atoms with Crippen LogP contribution in [0, 0.1) is 0 Å². The molecule has 1 N–H and O–H groups in total. The molecule has 0 atom stereocenters. The molecule has 2 heteroatoms. The van der Waals surface area contributed by atoms with Crippen molar-refractivity contribution < 1.29 is 0 Å². The summed E-state index contributed by atoms with van der Waals surface area (Å²) < 4.78 is 0. The molecule has 1 saturated heterocycles. The molecule has 0 saturated carbocycles. The molecule has 1 aliphatic heterocycles. The summed E-state index contributed by atoms with van der Waals surface area (Å²) >= 11 is 0. The largest absolute Gasteiger partial charge is 0.368 e. The fourth-order valence-electron chi connectivity index (χ4n) is 2.99. The predicted octanol–water partition coefficient (Wildman–Crippen LogP) is 3.37. The molecule has 0 radical (unpaired) electrons. The fraction of sp³-hybridized carbons (Fsp3) is 0.412. The van der Waals surface area contributed by atoms with Crippen LogP contribution in [0.4, 0.5) is 5.69 Å². The smallest absolute Gasteiger partial charge is 0.0446 e. The van der Waals surface area contributed by atoms with Gasteiger partial charge >= 0.3 is 0 Å². The Morgan fingerprint density at radius 1 is 0.947 bits per heavy atom. The number of piperazine rings is 1. The van der Waals surface area contributed by atoms with Gasteiger partial charge < -0.3 is 10.2 Å². The van der Waals surface area contributed by atoms with E-state index in [0.717, 1.165) is 26.2 Å². The molecule has 1 aliphatic rings. The number of nitrogens with one attached hydrogen (secondary N) is 1. The molecule has 3 rings (SSSR count). The standard InChI is InChI=1S/C17H22N2/c1-13(2)14-7-8-17(19-11-9-18-10-12-19)16-6-4-3-5-15(14)16/h3-8,13,18H,9-12H2,1-2H3. The first-order chi connectivity index (χ1) is 9.27. The minimum Gasteiger partial charge on any atom is -0.368 e. The topological polar surface area (TPSA) is 15.3 Å². The van der Waals surface area contributed by atoms with Crippen molar-refractivity contribution in [1.29, 1.82) is 0 Å². The highest BCUT2D eigenvalue weighted by Gasteiger charge is 2.15. The van der Waals surface area contributed by atoms with E-state index >= 15 is 0 Å². The van der Waals surface area contributed by atoms with E-state index in [1.807, 2.05) is 0 Å². The van der Waals surface area contributed by atoms with E-state index < -0.39 is 0 Å². The van der Waals surface area contributed by atoms with Crippen LogP contribution in [0.3, 0.4) is 0 Å². The van der Waals surface area contributed by atoms with Gasteiger partial charge in [0.1, 0.15) is 0 Å². The van der Waals surface area contributed by atoms with Crippen molar-refractivity contribution >= 4 is 16.5 Å². The minimum atomic E-state index is 0.571. The lowest BCUT2D eigenvalue weighted by atomic mass is 9.94. The average molecular weight is 254 g/mol. The zero-order chi connectivity index (χ0) is 13.2.